The highest BCUT2D eigenvalue weighted by Crippen LogP contribution is 2.56. The number of hydrogen-bond acceptors (Lipinski definition) is 1. The van der Waals surface area contributed by atoms with Crippen LogP contribution in [0, 0.1) is 23.7 Å². The normalized spacial score (nSPS) is 59.0. The zero-order valence-corrected chi connectivity index (χ0v) is 9.27. The van der Waals surface area contributed by atoms with Crippen molar-refractivity contribution in [1.29, 1.82) is 0 Å². The molecular weight excluding hydrogens is 164 g/mol. The molecule has 0 aromatic rings. The first kappa shape index (κ1) is 8.93. The van der Waals surface area contributed by atoms with Crippen LogP contribution in [-0.2, 0) is 0 Å². The van der Waals surface area contributed by atoms with Crippen molar-refractivity contribution in [3.63, 3.8) is 0 Å². The second-order valence-electron chi connectivity index (χ2n) is 5.27. The minimum atomic E-state index is 0.399. The van der Waals surface area contributed by atoms with Crippen LogP contribution in [0.2, 0.25) is 0 Å². The molecule has 0 amide bonds. The average Bonchev–Trinajstić information content (AvgIpc) is 2.23. The van der Waals surface area contributed by atoms with E-state index in [9.17, 15) is 0 Å². The van der Waals surface area contributed by atoms with Gasteiger partial charge >= 0.3 is 0 Å². The Bertz CT molecular complexity index is 185. The van der Waals surface area contributed by atoms with E-state index in [0.29, 0.717) is 4.75 Å². The summed E-state index contributed by atoms with van der Waals surface area (Å²) in [5, 5.41) is 0. The first-order valence-corrected chi connectivity index (χ1v) is 5.70. The van der Waals surface area contributed by atoms with Crippen molar-refractivity contribution < 1.29 is 0 Å². The van der Waals surface area contributed by atoms with Gasteiger partial charge in [-0.2, -0.15) is 12.6 Å². The van der Waals surface area contributed by atoms with Gasteiger partial charge in [-0.15, -0.1) is 0 Å². The molecule has 0 radical (unpaired) electrons. The Hall–Kier alpha value is 0.350. The number of fused-ring (bicyclic) bond motifs is 2. The maximum Gasteiger partial charge on any atom is 0.0161 e. The van der Waals surface area contributed by atoms with Gasteiger partial charge in [0, 0.05) is 4.75 Å². The highest BCUT2D eigenvalue weighted by Gasteiger charge is 2.50. The fraction of sp³-hybridized carbons (Fsp3) is 1.00. The highest BCUT2D eigenvalue weighted by atomic mass is 32.1. The lowest BCUT2D eigenvalue weighted by Crippen LogP contribution is -2.34. The number of thiol groups is 1. The third-order valence-electron chi connectivity index (χ3n) is 4.37. The van der Waals surface area contributed by atoms with Crippen molar-refractivity contribution in [2.45, 2.75) is 44.8 Å². The van der Waals surface area contributed by atoms with Crippen LogP contribution >= 0.6 is 12.6 Å². The van der Waals surface area contributed by atoms with Crippen molar-refractivity contribution in [2.24, 2.45) is 23.7 Å². The summed E-state index contributed by atoms with van der Waals surface area (Å²) in [6.07, 6.45) is 4.13. The summed E-state index contributed by atoms with van der Waals surface area (Å²) in [7, 11) is 0. The third-order valence-corrected chi connectivity index (χ3v) is 5.18. The molecule has 2 fully saturated rings. The molecule has 1 heteroatoms. The Labute approximate surface area is 81.5 Å². The summed E-state index contributed by atoms with van der Waals surface area (Å²) in [6.45, 7) is 7.23. The van der Waals surface area contributed by atoms with Gasteiger partial charge in [-0.25, -0.2) is 0 Å². The van der Waals surface area contributed by atoms with Crippen LogP contribution in [-0.4, -0.2) is 4.75 Å². The molecule has 2 bridgehead atoms. The summed E-state index contributed by atoms with van der Waals surface area (Å²) in [4.78, 5) is 0. The van der Waals surface area contributed by atoms with Crippen LogP contribution in [0.15, 0.2) is 0 Å². The highest BCUT2D eigenvalue weighted by molar-refractivity contribution is 7.81. The molecule has 2 aliphatic rings. The molecule has 5 unspecified atom stereocenters. The molecule has 70 valence electrons. The van der Waals surface area contributed by atoms with E-state index in [0.717, 1.165) is 23.7 Å². The standard InChI is InChI=1S/C11H20S/c1-7-4-9(3)11(12)5-8(2)10(7)6-11/h7-10,12H,4-6H2,1-3H3. The van der Waals surface area contributed by atoms with Crippen molar-refractivity contribution in [3.05, 3.63) is 0 Å². The van der Waals surface area contributed by atoms with Crippen molar-refractivity contribution in [3.8, 4) is 0 Å². The Morgan fingerprint density at radius 2 is 1.75 bits per heavy atom. The molecule has 0 nitrogen and oxygen atoms in total. The minimum Gasteiger partial charge on any atom is -0.172 e. The van der Waals surface area contributed by atoms with Crippen molar-refractivity contribution in [2.75, 3.05) is 0 Å². The van der Waals surface area contributed by atoms with Gasteiger partial charge in [-0.05, 0) is 42.9 Å². The van der Waals surface area contributed by atoms with E-state index in [1.807, 2.05) is 0 Å². The maximum absolute atomic E-state index is 4.89. The van der Waals surface area contributed by atoms with Gasteiger partial charge in [0.2, 0.25) is 0 Å². The minimum absolute atomic E-state index is 0.399. The summed E-state index contributed by atoms with van der Waals surface area (Å²) >= 11 is 4.89. The van der Waals surface area contributed by atoms with Crippen LogP contribution in [0.1, 0.15) is 40.0 Å². The van der Waals surface area contributed by atoms with E-state index >= 15 is 0 Å². The van der Waals surface area contributed by atoms with Crippen LogP contribution in [0.25, 0.3) is 0 Å². The molecule has 0 heterocycles. The van der Waals surface area contributed by atoms with E-state index < -0.39 is 0 Å². The fourth-order valence-electron chi connectivity index (χ4n) is 3.52. The van der Waals surface area contributed by atoms with E-state index in [-0.39, 0.29) is 0 Å². The number of hydrogen-bond donors (Lipinski definition) is 1. The smallest absolute Gasteiger partial charge is 0.0161 e. The van der Waals surface area contributed by atoms with Gasteiger partial charge in [0.05, 0.1) is 0 Å². The van der Waals surface area contributed by atoms with Gasteiger partial charge in [0.1, 0.15) is 0 Å². The van der Waals surface area contributed by atoms with Gasteiger partial charge in [-0.1, -0.05) is 20.8 Å². The molecule has 2 saturated carbocycles. The topological polar surface area (TPSA) is 0 Å². The van der Waals surface area contributed by atoms with Gasteiger partial charge in [0.15, 0.2) is 0 Å². The first-order valence-electron chi connectivity index (χ1n) is 5.25. The van der Waals surface area contributed by atoms with Crippen LogP contribution < -0.4 is 0 Å². The molecule has 0 spiro atoms. The summed E-state index contributed by atoms with van der Waals surface area (Å²) < 4.78 is 0.399. The molecule has 0 aromatic carbocycles. The molecular formula is C11H20S. The summed E-state index contributed by atoms with van der Waals surface area (Å²) in [6, 6.07) is 0. The zero-order chi connectivity index (χ0) is 8.93. The molecule has 0 aromatic heterocycles. The van der Waals surface area contributed by atoms with Crippen LogP contribution in [0.5, 0.6) is 0 Å². The Morgan fingerprint density at radius 1 is 1.08 bits per heavy atom. The van der Waals surface area contributed by atoms with Crippen LogP contribution in [0.3, 0.4) is 0 Å². The molecule has 0 saturated heterocycles. The largest absolute Gasteiger partial charge is 0.172 e. The molecule has 2 rings (SSSR count). The van der Waals surface area contributed by atoms with Crippen LogP contribution in [0.4, 0.5) is 0 Å². The van der Waals surface area contributed by atoms with Gasteiger partial charge < -0.3 is 0 Å². The van der Waals surface area contributed by atoms with Gasteiger partial charge in [-0.3, -0.25) is 0 Å². The van der Waals surface area contributed by atoms with E-state index in [1.54, 1.807) is 0 Å². The zero-order valence-electron chi connectivity index (χ0n) is 8.38. The first-order chi connectivity index (χ1) is 5.53. The second-order valence-corrected chi connectivity index (χ2v) is 6.16. The molecule has 5 atom stereocenters. The Balaban J connectivity index is 2.23. The number of rotatable bonds is 0. The Kier molecular flexibility index (Phi) is 1.98. The lowest BCUT2D eigenvalue weighted by atomic mass is 9.74. The lowest BCUT2D eigenvalue weighted by molar-refractivity contribution is 0.202. The molecule has 12 heavy (non-hydrogen) atoms. The quantitative estimate of drug-likeness (QED) is 0.548. The van der Waals surface area contributed by atoms with E-state index in [4.69, 9.17) is 12.6 Å². The van der Waals surface area contributed by atoms with E-state index in [2.05, 4.69) is 20.8 Å². The SMILES string of the molecule is CC1CC(C)C2(S)CC(C)C1C2. The summed E-state index contributed by atoms with van der Waals surface area (Å²) in [5.74, 6) is 3.66. The predicted octanol–water partition coefficient (Wildman–Crippen LogP) is 3.38. The average molecular weight is 184 g/mol. The predicted molar refractivity (Wildman–Crippen MR) is 56.6 cm³/mol. The molecule has 0 aliphatic heterocycles. The van der Waals surface area contributed by atoms with Crippen molar-refractivity contribution >= 4 is 12.6 Å². The van der Waals surface area contributed by atoms with Crippen molar-refractivity contribution in [1.82, 2.24) is 0 Å². The monoisotopic (exact) mass is 184 g/mol. The molecule has 2 aliphatic carbocycles. The maximum atomic E-state index is 4.89. The fourth-order valence-corrected chi connectivity index (χ4v) is 4.12. The van der Waals surface area contributed by atoms with E-state index in [1.165, 1.54) is 19.3 Å². The third kappa shape index (κ3) is 1.13. The lowest BCUT2D eigenvalue weighted by Gasteiger charge is -2.38. The second kappa shape index (κ2) is 2.67. The summed E-state index contributed by atoms with van der Waals surface area (Å²) in [5.41, 5.74) is 0. The Morgan fingerprint density at radius 3 is 2.42 bits per heavy atom. The molecule has 0 N–H and O–H groups in total. The van der Waals surface area contributed by atoms with Gasteiger partial charge in [0.25, 0.3) is 0 Å².